The molecule has 9 aromatic rings. The molecule has 0 heterocycles. The maximum Gasteiger partial charge on any atom is 0.379 e. The number of Topliss-reactive ketones (excluding diaryl/α,β-unsaturated/α-hetero) is 3. The number of carbonyl (C=O) groups excluding carboxylic acids is 9. The van der Waals surface area contributed by atoms with E-state index in [1.165, 1.54) is 72.8 Å². The van der Waals surface area contributed by atoms with Crippen LogP contribution >= 0.6 is 0 Å². The van der Waals surface area contributed by atoms with Crippen molar-refractivity contribution in [2.45, 2.75) is 6.10 Å². The fraction of sp³-hybridized carbons (Fsp3) is 0.125. The molecule has 0 aromatic heterocycles. The largest absolute Gasteiger partial charge is 0.457 e. The van der Waals surface area contributed by atoms with Crippen molar-refractivity contribution in [3.05, 3.63) is 287 Å². The maximum absolute atomic E-state index is 13.0. The van der Waals surface area contributed by atoms with E-state index in [0.29, 0.717) is 67.9 Å². The Morgan fingerprint density at radius 3 is 0.722 bits per heavy atom. The van der Waals surface area contributed by atoms with Crippen LogP contribution in [0, 0.1) is 0 Å². The topological polar surface area (TPSA) is 237 Å². The van der Waals surface area contributed by atoms with Crippen LogP contribution in [0.25, 0.3) is 0 Å². The number of hydrogen-bond donors (Lipinski definition) is 0. The summed E-state index contributed by atoms with van der Waals surface area (Å²) in [5.41, 5.74) is 3.22. The lowest BCUT2D eigenvalue weighted by Crippen LogP contribution is -2.30. The second-order valence-electron chi connectivity index (χ2n) is 19.6. The summed E-state index contributed by atoms with van der Waals surface area (Å²) in [6.45, 7) is -1.97. The van der Waals surface area contributed by atoms with Gasteiger partial charge in [0.2, 0.25) is 0 Å². The van der Waals surface area contributed by atoms with Gasteiger partial charge in [0.05, 0.1) is 33.0 Å². The highest BCUT2D eigenvalue weighted by molar-refractivity contribution is 6.41. The van der Waals surface area contributed by atoms with Gasteiger partial charge in [-0.1, -0.05) is 91.0 Å². The number of ketones is 6. The molecule has 90 heavy (non-hydrogen) atoms. The number of esters is 3. The van der Waals surface area contributed by atoms with Crippen molar-refractivity contribution in [2.75, 3.05) is 52.9 Å². The zero-order valence-electron chi connectivity index (χ0n) is 48.1. The average Bonchev–Trinajstić information content (AvgIpc) is 2.30. The summed E-state index contributed by atoms with van der Waals surface area (Å²) in [7, 11) is 0. The minimum Gasteiger partial charge on any atom is -0.457 e. The second-order valence-corrected chi connectivity index (χ2v) is 19.6. The van der Waals surface area contributed by atoms with Crippen LogP contribution in [0.3, 0.4) is 0 Å². The first-order valence-electron chi connectivity index (χ1n) is 28.2. The molecule has 0 aliphatic carbocycles. The van der Waals surface area contributed by atoms with Crippen molar-refractivity contribution >= 4 is 52.6 Å². The lowest BCUT2D eigenvalue weighted by molar-refractivity contribution is -0.144. The van der Waals surface area contributed by atoms with Crippen LogP contribution in [0.5, 0.6) is 34.5 Å². The van der Waals surface area contributed by atoms with Crippen molar-refractivity contribution < 1.29 is 85.8 Å². The molecule has 452 valence electrons. The summed E-state index contributed by atoms with van der Waals surface area (Å²) in [4.78, 5) is 116. The third-order valence-electron chi connectivity index (χ3n) is 13.3. The Kier molecular flexibility index (Phi) is 22.4. The minimum atomic E-state index is -1.16. The highest BCUT2D eigenvalue weighted by Crippen LogP contribution is 2.27. The van der Waals surface area contributed by atoms with E-state index in [9.17, 15) is 43.2 Å². The van der Waals surface area contributed by atoms with E-state index in [2.05, 4.69) is 0 Å². The lowest BCUT2D eigenvalue weighted by atomic mass is 10.0. The van der Waals surface area contributed by atoms with Crippen LogP contribution in [0.2, 0.25) is 0 Å². The maximum atomic E-state index is 13.0. The molecule has 0 aliphatic rings. The third kappa shape index (κ3) is 18.1. The molecular formula is C72H56O18. The number of hydrogen-bond acceptors (Lipinski definition) is 18. The minimum absolute atomic E-state index is 0.0313. The van der Waals surface area contributed by atoms with Gasteiger partial charge in [0.25, 0.3) is 17.3 Å². The van der Waals surface area contributed by atoms with Crippen molar-refractivity contribution in [2.24, 2.45) is 0 Å². The first kappa shape index (κ1) is 63.2. The zero-order chi connectivity index (χ0) is 63.0. The molecule has 0 saturated carbocycles. The monoisotopic (exact) mass is 1210 g/mol. The van der Waals surface area contributed by atoms with Crippen molar-refractivity contribution in [3.8, 4) is 34.5 Å². The fourth-order valence-corrected chi connectivity index (χ4v) is 8.58. The van der Waals surface area contributed by atoms with E-state index in [-0.39, 0.29) is 86.9 Å². The molecule has 0 atom stereocenters. The SMILES string of the molecule is O=C(OCCOCC(COCCOC(=O)C(=O)c1ccc(Oc2ccc(C(=O)c3ccccc3)cc2)cc1)OCCOC(=O)C(=O)c1ccc(Oc2ccc(C(=O)c3ccccc3)cc2)cc1)C(=O)c1ccc(Oc2ccc(C(=O)c3ccccc3)cc2)cc1. The quantitative estimate of drug-likeness (QED) is 0.0125. The van der Waals surface area contributed by atoms with Crippen LogP contribution in [-0.4, -0.2) is 112 Å². The smallest absolute Gasteiger partial charge is 0.379 e. The van der Waals surface area contributed by atoms with E-state index >= 15 is 0 Å². The predicted octanol–water partition coefficient (Wildman–Crippen LogP) is 11.8. The Balaban J connectivity index is 0.714. The molecule has 18 nitrogen and oxygen atoms in total. The molecule has 0 bridgehead atoms. The molecule has 0 unspecified atom stereocenters. The van der Waals surface area contributed by atoms with Crippen molar-refractivity contribution in [1.82, 2.24) is 0 Å². The number of rotatable bonds is 32. The van der Waals surface area contributed by atoms with Crippen molar-refractivity contribution in [1.29, 1.82) is 0 Å². The number of ether oxygens (including phenoxy) is 9. The van der Waals surface area contributed by atoms with Gasteiger partial charge in [-0.3, -0.25) is 28.8 Å². The Hall–Kier alpha value is -11.3. The van der Waals surface area contributed by atoms with E-state index in [1.54, 1.807) is 146 Å². The highest BCUT2D eigenvalue weighted by atomic mass is 16.6. The van der Waals surface area contributed by atoms with Crippen LogP contribution in [-0.2, 0) is 42.8 Å². The zero-order valence-corrected chi connectivity index (χ0v) is 48.1. The average molecular weight is 1210 g/mol. The summed E-state index contributed by atoms with van der Waals surface area (Å²) < 4.78 is 50.3. The summed E-state index contributed by atoms with van der Waals surface area (Å²) in [5, 5.41) is 0. The lowest BCUT2D eigenvalue weighted by Gasteiger charge is -2.18. The van der Waals surface area contributed by atoms with E-state index in [4.69, 9.17) is 42.6 Å². The van der Waals surface area contributed by atoms with Gasteiger partial charge < -0.3 is 42.6 Å². The molecule has 9 rings (SSSR count). The molecule has 0 fully saturated rings. The van der Waals surface area contributed by atoms with Gasteiger partial charge >= 0.3 is 17.9 Å². The molecule has 18 heteroatoms. The van der Waals surface area contributed by atoms with Gasteiger partial charge in [-0.25, -0.2) is 14.4 Å². The molecule has 0 N–H and O–H groups in total. The van der Waals surface area contributed by atoms with E-state index in [0.717, 1.165) is 0 Å². The molecule has 0 radical (unpaired) electrons. The Labute approximate surface area is 516 Å². The molecule has 0 aliphatic heterocycles. The van der Waals surface area contributed by atoms with E-state index in [1.807, 2.05) is 18.2 Å². The van der Waals surface area contributed by atoms with Crippen LogP contribution < -0.4 is 14.2 Å². The Morgan fingerprint density at radius 2 is 0.467 bits per heavy atom. The van der Waals surface area contributed by atoms with Crippen molar-refractivity contribution in [3.63, 3.8) is 0 Å². The second kappa shape index (κ2) is 31.9. The van der Waals surface area contributed by atoms with Gasteiger partial charge in [0, 0.05) is 50.1 Å². The summed E-state index contributed by atoms with van der Waals surface area (Å²) in [6.07, 6.45) is -0.868. The molecule has 0 saturated heterocycles. The normalized spacial score (nSPS) is 10.8. The molecule has 9 aromatic carbocycles. The fourth-order valence-electron chi connectivity index (χ4n) is 8.58. The summed E-state index contributed by atoms with van der Waals surface area (Å²) in [6, 6.07) is 63.7. The van der Waals surface area contributed by atoms with Crippen LogP contribution in [0.15, 0.2) is 237 Å². The number of carbonyl (C=O) groups is 9. The van der Waals surface area contributed by atoms with Gasteiger partial charge in [0.1, 0.15) is 60.4 Å². The van der Waals surface area contributed by atoms with E-state index < -0.39 is 41.4 Å². The highest BCUT2D eigenvalue weighted by Gasteiger charge is 2.22. The predicted molar refractivity (Wildman–Crippen MR) is 326 cm³/mol. The Bertz CT molecular complexity index is 3750. The number of benzene rings is 9. The van der Waals surface area contributed by atoms with Gasteiger partial charge in [-0.05, 0) is 146 Å². The van der Waals surface area contributed by atoms with Crippen LogP contribution in [0.4, 0.5) is 0 Å². The first-order valence-corrected chi connectivity index (χ1v) is 28.2. The Morgan fingerprint density at radius 1 is 0.244 bits per heavy atom. The van der Waals surface area contributed by atoms with Crippen LogP contribution in [0.1, 0.15) is 78.8 Å². The first-order chi connectivity index (χ1) is 43.8. The standard InChI is InChI=1S/C72H56O18/c73-64(48-10-4-1-5-11-48)51-16-28-57(29-17-51)88-60-34-22-54(23-35-60)67(76)70(79)85-42-40-82-46-63(84-44-45-87-72(81)69(78)56-26-38-62(39-27-56)90-59-32-20-53(21-33-59)66(75)50-14-8-3-9-15-50)47-83-41-43-86-71(80)68(77)55-24-36-61(37-25-55)89-58-30-18-52(19-31-58)65(74)49-12-6-2-7-13-49/h1-39,63H,40-47H2. The molecular weight excluding hydrogens is 1150 g/mol. The van der Waals surface area contributed by atoms with Gasteiger partial charge in [-0.2, -0.15) is 0 Å². The molecule has 0 spiro atoms. The van der Waals surface area contributed by atoms with Gasteiger partial charge in [-0.15, -0.1) is 0 Å². The van der Waals surface area contributed by atoms with Gasteiger partial charge in [0.15, 0.2) is 17.3 Å². The summed E-state index contributed by atoms with van der Waals surface area (Å²) >= 11 is 0. The third-order valence-corrected chi connectivity index (χ3v) is 13.3. The summed E-state index contributed by atoms with van der Waals surface area (Å²) in [5.74, 6) is -4.17. The molecule has 0 amide bonds.